The van der Waals surface area contributed by atoms with Gasteiger partial charge in [0.15, 0.2) is 0 Å². The van der Waals surface area contributed by atoms with Gasteiger partial charge in [-0.05, 0) is 25.9 Å². The van der Waals surface area contributed by atoms with Gasteiger partial charge in [-0.25, -0.2) is 0 Å². The van der Waals surface area contributed by atoms with Crippen LogP contribution in [0.25, 0.3) is 0 Å². The van der Waals surface area contributed by atoms with Crippen LogP contribution in [0.15, 0.2) is 0 Å². The Morgan fingerprint density at radius 1 is 1.13 bits per heavy atom. The first-order chi connectivity index (χ1) is 10.6. The summed E-state index contributed by atoms with van der Waals surface area (Å²) in [6.45, 7) is 8.09. The minimum Gasteiger partial charge on any atom is -0.481 e. The van der Waals surface area contributed by atoms with E-state index in [4.69, 9.17) is 9.84 Å². The first kappa shape index (κ1) is 21.9. The molecule has 0 saturated heterocycles. The predicted molar refractivity (Wildman–Crippen MR) is 91.4 cm³/mol. The molecule has 0 fully saturated rings. The Labute approximate surface area is 140 Å². The number of carboxylic acids is 1. The van der Waals surface area contributed by atoms with Gasteiger partial charge in [0.1, 0.15) is 0 Å². The molecule has 0 rings (SSSR count). The van der Waals surface area contributed by atoms with Crippen molar-refractivity contribution in [2.45, 2.75) is 58.7 Å². The van der Waals surface area contributed by atoms with Gasteiger partial charge in [0.25, 0.3) is 0 Å². The highest BCUT2D eigenvalue weighted by Crippen LogP contribution is 2.23. The number of hydrogen-bond donors (Lipinski definition) is 1. The maximum Gasteiger partial charge on any atom is 0.306 e. The number of aliphatic carboxylic acids is 1. The second-order valence-corrected chi connectivity index (χ2v) is 6.85. The lowest BCUT2D eigenvalue weighted by Crippen LogP contribution is -2.56. The lowest BCUT2D eigenvalue weighted by Gasteiger charge is -2.40. The fraction of sp³-hybridized carbons (Fsp3) is 0.882. The summed E-state index contributed by atoms with van der Waals surface area (Å²) >= 11 is 0. The lowest BCUT2D eigenvalue weighted by molar-refractivity contribution is -0.148. The largest absolute Gasteiger partial charge is 0.481 e. The fourth-order valence-electron chi connectivity index (χ4n) is 3.21. The number of amides is 1. The summed E-state index contributed by atoms with van der Waals surface area (Å²) in [5.41, 5.74) is 0. The second-order valence-electron chi connectivity index (χ2n) is 6.85. The third-order valence-corrected chi connectivity index (χ3v) is 4.52. The Kier molecular flexibility index (Phi) is 9.39. The summed E-state index contributed by atoms with van der Waals surface area (Å²) in [6.07, 6.45) is 0.208. The number of likely N-dealkylation sites (N-methyl/N-ethyl adjacent to an activating group) is 2. The van der Waals surface area contributed by atoms with E-state index < -0.39 is 12.1 Å². The molecule has 0 aromatic rings. The van der Waals surface area contributed by atoms with Crippen LogP contribution in [0.4, 0.5) is 0 Å². The highest BCUT2D eigenvalue weighted by atomic mass is 16.5. The van der Waals surface area contributed by atoms with E-state index in [1.165, 1.54) is 7.11 Å². The van der Waals surface area contributed by atoms with Crippen LogP contribution in [-0.2, 0) is 14.3 Å². The van der Waals surface area contributed by atoms with E-state index in [2.05, 4.69) is 0 Å². The number of carbonyl (C=O) groups is 2. The average molecular weight is 330 g/mol. The number of methoxy groups -OCH3 is 1. The summed E-state index contributed by atoms with van der Waals surface area (Å²) in [4.78, 5) is 27.7. The van der Waals surface area contributed by atoms with Gasteiger partial charge in [-0.3, -0.25) is 14.5 Å². The summed E-state index contributed by atoms with van der Waals surface area (Å²) in [6, 6.07) is -0.510. The number of ether oxygens (including phenoxy) is 1. The van der Waals surface area contributed by atoms with Gasteiger partial charge in [0, 0.05) is 14.2 Å². The minimum atomic E-state index is -0.918. The quantitative estimate of drug-likeness (QED) is 0.663. The molecular formula is C17H34N2O4. The van der Waals surface area contributed by atoms with Crippen molar-refractivity contribution in [2.24, 2.45) is 11.8 Å². The zero-order chi connectivity index (χ0) is 18.3. The van der Waals surface area contributed by atoms with Gasteiger partial charge in [-0.2, -0.15) is 0 Å². The molecule has 4 atom stereocenters. The smallest absolute Gasteiger partial charge is 0.306 e. The number of nitrogens with zero attached hydrogens (tertiary/aromatic N) is 2. The summed E-state index contributed by atoms with van der Waals surface area (Å²) in [5, 5.41) is 9.13. The van der Waals surface area contributed by atoms with Crippen molar-refractivity contribution in [3.63, 3.8) is 0 Å². The van der Waals surface area contributed by atoms with Crippen LogP contribution in [0.1, 0.15) is 40.5 Å². The second kappa shape index (κ2) is 9.88. The summed E-state index contributed by atoms with van der Waals surface area (Å²) < 4.78 is 5.43. The molecule has 136 valence electrons. The van der Waals surface area contributed by atoms with Crippen LogP contribution in [0, 0.1) is 11.8 Å². The molecule has 0 aromatic heterocycles. The topological polar surface area (TPSA) is 70.1 Å². The van der Waals surface area contributed by atoms with E-state index in [9.17, 15) is 9.59 Å². The Hall–Kier alpha value is -1.14. The van der Waals surface area contributed by atoms with Gasteiger partial charge in [0.05, 0.1) is 24.6 Å². The Morgan fingerprint density at radius 3 is 1.96 bits per heavy atom. The molecule has 0 radical (unpaired) electrons. The van der Waals surface area contributed by atoms with E-state index >= 15 is 0 Å². The number of carbonyl (C=O) groups excluding carboxylic acids is 1. The molecule has 0 saturated carbocycles. The zero-order valence-electron chi connectivity index (χ0n) is 15.9. The fourth-order valence-corrected chi connectivity index (χ4v) is 3.21. The summed E-state index contributed by atoms with van der Waals surface area (Å²) in [5.74, 6) is -0.608. The third kappa shape index (κ3) is 6.11. The average Bonchev–Trinajstić information content (AvgIpc) is 2.44. The van der Waals surface area contributed by atoms with E-state index in [0.29, 0.717) is 0 Å². The Morgan fingerprint density at radius 2 is 1.65 bits per heavy atom. The molecule has 0 aromatic carbocycles. The highest BCUT2D eigenvalue weighted by molar-refractivity contribution is 5.82. The lowest BCUT2D eigenvalue weighted by atomic mass is 9.90. The van der Waals surface area contributed by atoms with Crippen LogP contribution in [0.5, 0.6) is 0 Å². The number of rotatable bonds is 10. The molecule has 0 bridgehead atoms. The molecule has 0 aliphatic heterocycles. The Bertz CT molecular complexity index is 377. The molecule has 0 heterocycles. The first-order valence-electron chi connectivity index (χ1n) is 8.26. The van der Waals surface area contributed by atoms with Gasteiger partial charge in [-0.1, -0.05) is 34.1 Å². The Balaban J connectivity index is 5.53. The molecule has 23 heavy (non-hydrogen) atoms. The molecular weight excluding hydrogens is 296 g/mol. The van der Waals surface area contributed by atoms with E-state index in [-0.39, 0.29) is 36.2 Å². The molecule has 0 unspecified atom stereocenters. The van der Waals surface area contributed by atoms with Gasteiger partial charge in [0.2, 0.25) is 5.91 Å². The van der Waals surface area contributed by atoms with Crippen molar-refractivity contribution in [1.82, 2.24) is 9.80 Å². The normalized spacial score (nSPS) is 17.0. The van der Waals surface area contributed by atoms with Crippen LogP contribution in [-0.4, -0.2) is 73.2 Å². The van der Waals surface area contributed by atoms with Crippen molar-refractivity contribution in [1.29, 1.82) is 0 Å². The van der Waals surface area contributed by atoms with Crippen molar-refractivity contribution in [3.05, 3.63) is 0 Å². The molecule has 0 aliphatic carbocycles. The molecule has 0 spiro atoms. The number of carboxylic acid groups (broad SMARTS) is 1. The van der Waals surface area contributed by atoms with Crippen LogP contribution in [0.2, 0.25) is 0 Å². The molecule has 6 heteroatoms. The first-order valence-corrected chi connectivity index (χ1v) is 8.26. The zero-order valence-corrected chi connectivity index (χ0v) is 15.9. The molecule has 6 nitrogen and oxygen atoms in total. The van der Waals surface area contributed by atoms with Crippen molar-refractivity contribution in [2.75, 3.05) is 28.3 Å². The van der Waals surface area contributed by atoms with Gasteiger partial charge < -0.3 is 14.7 Å². The highest BCUT2D eigenvalue weighted by Gasteiger charge is 2.37. The van der Waals surface area contributed by atoms with Gasteiger partial charge >= 0.3 is 5.97 Å². The van der Waals surface area contributed by atoms with Gasteiger partial charge in [-0.15, -0.1) is 0 Å². The molecule has 1 amide bonds. The summed E-state index contributed by atoms with van der Waals surface area (Å²) in [7, 11) is 7.04. The van der Waals surface area contributed by atoms with Crippen molar-refractivity contribution < 1.29 is 19.4 Å². The van der Waals surface area contributed by atoms with Crippen LogP contribution in [0.3, 0.4) is 0 Å². The van der Waals surface area contributed by atoms with Crippen molar-refractivity contribution in [3.8, 4) is 0 Å². The standard InChI is InChI=1S/C17H34N2O4/c1-9-12(4)16(13(23-8)10-14(20)21)19(7)17(22)15(11(2)3)18(5)6/h11-13,15-16H,9-10H2,1-8H3,(H,20,21)/t12-,13+,15-,16-/m0/s1. The SMILES string of the molecule is CC[C@H](C)[C@@H]([C@@H](CC(=O)O)OC)N(C)C(=O)[C@H](C(C)C)N(C)C. The third-order valence-electron chi connectivity index (χ3n) is 4.52. The molecule has 1 N–H and O–H groups in total. The number of hydrogen-bond acceptors (Lipinski definition) is 4. The van der Waals surface area contributed by atoms with Crippen LogP contribution < -0.4 is 0 Å². The van der Waals surface area contributed by atoms with Crippen LogP contribution >= 0.6 is 0 Å². The minimum absolute atomic E-state index is 0.00254. The monoisotopic (exact) mass is 330 g/mol. The van der Waals surface area contributed by atoms with E-state index in [1.54, 1.807) is 11.9 Å². The van der Waals surface area contributed by atoms with E-state index in [0.717, 1.165) is 6.42 Å². The van der Waals surface area contributed by atoms with Crippen molar-refractivity contribution >= 4 is 11.9 Å². The maximum absolute atomic E-state index is 13.0. The predicted octanol–water partition coefficient (Wildman–Crippen LogP) is 1.94. The maximum atomic E-state index is 13.0. The van der Waals surface area contributed by atoms with E-state index in [1.807, 2.05) is 46.7 Å². The molecule has 0 aliphatic rings.